The number of amides is 1. The third-order valence-corrected chi connectivity index (χ3v) is 3.41. The van der Waals surface area contributed by atoms with Gasteiger partial charge in [0.05, 0.1) is 5.52 Å². The summed E-state index contributed by atoms with van der Waals surface area (Å²) in [7, 11) is 0. The van der Waals surface area contributed by atoms with Gasteiger partial charge in [-0.2, -0.15) is 5.10 Å². The lowest BCUT2D eigenvalue weighted by atomic mass is 10.1. The Labute approximate surface area is 110 Å². The molecule has 0 saturated carbocycles. The van der Waals surface area contributed by atoms with Gasteiger partial charge in [0, 0.05) is 24.0 Å². The molecule has 2 aromatic rings. The molecule has 1 amide bonds. The van der Waals surface area contributed by atoms with Gasteiger partial charge >= 0.3 is 0 Å². The molecule has 5 heteroatoms. The van der Waals surface area contributed by atoms with Crippen LogP contribution in [0, 0.1) is 5.92 Å². The maximum absolute atomic E-state index is 12.2. The first kappa shape index (κ1) is 11.9. The van der Waals surface area contributed by atoms with Crippen molar-refractivity contribution in [2.45, 2.75) is 12.5 Å². The Morgan fingerprint density at radius 1 is 1.42 bits per heavy atom. The number of benzene rings is 1. The van der Waals surface area contributed by atoms with Crippen molar-refractivity contribution in [1.29, 1.82) is 0 Å². The summed E-state index contributed by atoms with van der Waals surface area (Å²) in [6.45, 7) is 0.119. The first-order valence-electron chi connectivity index (χ1n) is 6.31. The Bertz CT molecular complexity index is 632. The lowest BCUT2D eigenvalue weighted by molar-refractivity contribution is 0.0937. The van der Waals surface area contributed by atoms with Crippen molar-refractivity contribution in [3.8, 4) is 0 Å². The van der Waals surface area contributed by atoms with Crippen molar-refractivity contribution in [3.05, 3.63) is 42.1 Å². The topological polar surface area (TPSA) is 78.0 Å². The van der Waals surface area contributed by atoms with Crippen molar-refractivity contribution in [1.82, 2.24) is 15.5 Å². The second-order valence-corrected chi connectivity index (χ2v) is 4.76. The van der Waals surface area contributed by atoms with E-state index in [0.717, 1.165) is 17.3 Å². The molecule has 3 N–H and O–H groups in total. The maximum Gasteiger partial charge on any atom is 0.272 e. The number of fused-ring (bicyclic) bond motifs is 1. The molecule has 0 unspecified atom stereocenters. The molecule has 0 saturated heterocycles. The quantitative estimate of drug-likeness (QED) is 0.724. The van der Waals surface area contributed by atoms with Crippen molar-refractivity contribution >= 4 is 16.8 Å². The summed E-state index contributed by atoms with van der Waals surface area (Å²) in [6, 6.07) is 7.50. The van der Waals surface area contributed by atoms with E-state index in [1.165, 1.54) is 0 Å². The predicted octanol–water partition coefficient (Wildman–Crippen LogP) is 1.23. The highest BCUT2D eigenvalue weighted by molar-refractivity contribution is 6.04. The highest BCUT2D eigenvalue weighted by atomic mass is 16.3. The van der Waals surface area contributed by atoms with E-state index in [-0.39, 0.29) is 24.5 Å². The van der Waals surface area contributed by atoms with Gasteiger partial charge in [0.2, 0.25) is 0 Å². The fourth-order valence-corrected chi connectivity index (χ4v) is 2.39. The number of hydrogen-bond donors (Lipinski definition) is 3. The number of rotatable bonds is 3. The van der Waals surface area contributed by atoms with E-state index in [4.69, 9.17) is 5.11 Å². The van der Waals surface area contributed by atoms with Crippen molar-refractivity contribution < 1.29 is 9.90 Å². The molecule has 0 fully saturated rings. The molecule has 19 heavy (non-hydrogen) atoms. The van der Waals surface area contributed by atoms with Gasteiger partial charge in [0.25, 0.3) is 5.91 Å². The zero-order valence-corrected chi connectivity index (χ0v) is 10.3. The monoisotopic (exact) mass is 257 g/mol. The molecule has 1 aliphatic rings. The smallest absolute Gasteiger partial charge is 0.272 e. The SMILES string of the molecule is O=C(N[C@@H]1C=C[C@H](CO)C1)c1n[nH]c2ccccc12. The number of para-hydroxylation sites is 1. The average Bonchev–Trinajstić information content (AvgIpc) is 3.04. The molecule has 1 aromatic heterocycles. The van der Waals surface area contributed by atoms with E-state index in [2.05, 4.69) is 15.5 Å². The third kappa shape index (κ3) is 2.24. The van der Waals surface area contributed by atoms with E-state index in [9.17, 15) is 4.79 Å². The van der Waals surface area contributed by atoms with Crippen LogP contribution in [0.25, 0.3) is 10.9 Å². The number of nitrogens with one attached hydrogen (secondary N) is 2. The summed E-state index contributed by atoms with van der Waals surface area (Å²) in [5, 5.41) is 19.7. The van der Waals surface area contributed by atoms with Crippen LogP contribution >= 0.6 is 0 Å². The highest BCUT2D eigenvalue weighted by Crippen LogP contribution is 2.19. The Balaban J connectivity index is 1.76. The molecular formula is C14H15N3O2. The Kier molecular flexibility index (Phi) is 3.05. The zero-order chi connectivity index (χ0) is 13.2. The Morgan fingerprint density at radius 2 is 2.26 bits per heavy atom. The lowest BCUT2D eigenvalue weighted by Gasteiger charge is -2.11. The molecule has 1 aromatic carbocycles. The van der Waals surface area contributed by atoms with Crippen LogP contribution in [-0.2, 0) is 0 Å². The number of carbonyl (C=O) groups is 1. The first-order valence-corrected chi connectivity index (χ1v) is 6.31. The first-order chi connectivity index (χ1) is 9.28. The van der Waals surface area contributed by atoms with Gasteiger partial charge < -0.3 is 10.4 Å². The molecular weight excluding hydrogens is 242 g/mol. The van der Waals surface area contributed by atoms with Crippen LogP contribution in [0.5, 0.6) is 0 Å². The zero-order valence-electron chi connectivity index (χ0n) is 10.3. The van der Waals surface area contributed by atoms with Crippen LogP contribution in [0.4, 0.5) is 0 Å². The largest absolute Gasteiger partial charge is 0.396 e. The molecule has 0 radical (unpaired) electrons. The third-order valence-electron chi connectivity index (χ3n) is 3.41. The summed E-state index contributed by atoms with van der Waals surface area (Å²) in [6.07, 6.45) is 4.60. The number of aromatic amines is 1. The Morgan fingerprint density at radius 3 is 3.05 bits per heavy atom. The van der Waals surface area contributed by atoms with E-state index in [0.29, 0.717) is 5.69 Å². The number of aliphatic hydroxyl groups excluding tert-OH is 1. The number of nitrogens with zero attached hydrogens (tertiary/aromatic N) is 1. The molecule has 0 bridgehead atoms. The number of aliphatic hydroxyl groups is 1. The fourth-order valence-electron chi connectivity index (χ4n) is 2.39. The van der Waals surface area contributed by atoms with E-state index in [1.54, 1.807) is 0 Å². The number of hydrogen-bond acceptors (Lipinski definition) is 3. The van der Waals surface area contributed by atoms with E-state index >= 15 is 0 Å². The van der Waals surface area contributed by atoms with E-state index in [1.807, 2.05) is 36.4 Å². The normalized spacial score (nSPS) is 21.9. The maximum atomic E-state index is 12.2. The van der Waals surface area contributed by atoms with Crippen LogP contribution < -0.4 is 5.32 Å². The average molecular weight is 257 g/mol. The van der Waals surface area contributed by atoms with Crippen LogP contribution in [0.1, 0.15) is 16.9 Å². The molecule has 0 aliphatic heterocycles. The number of carbonyl (C=O) groups excluding carboxylic acids is 1. The highest BCUT2D eigenvalue weighted by Gasteiger charge is 2.22. The summed E-state index contributed by atoms with van der Waals surface area (Å²) in [5.41, 5.74) is 1.26. The van der Waals surface area contributed by atoms with E-state index < -0.39 is 0 Å². The summed E-state index contributed by atoms with van der Waals surface area (Å²) < 4.78 is 0. The standard InChI is InChI=1S/C14H15N3O2/c18-8-9-5-6-10(7-9)15-14(19)13-11-3-1-2-4-12(11)16-17-13/h1-6,9-10,18H,7-8H2,(H,15,19)(H,16,17)/t9-,10+/m0/s1. The summed E-state index contributed by atoms with van der Waals surface area (Å²) in [4.78, 5) is 12.2. The van der Waals surface area contributed by atoms with Crippen LogP contribution in [-0.4, -0.2) is 33.9 Å². The molecule has 3 rings (SSSR count). The van der Waals surface area contributed by atoms with Gasteiger partial charge in [-0.1, -0.05) is 30.4 Å². The van der Waals surface area contributed by atoms with Crippen LogP contribution in [0.2, 0.25) is 0 Å². The molecule has 2 atom stereocenters. The molecule has 5 nitrogen and oxygen atoms in total. The molecule has 0 spiro atoms. The minimum absolute atomic E-state index is 0.0277. The van der Waals surface area contributed by atoms with Crippen LogP contribution in [0.15, 0.2) is 36.4 Å². The van der Waals surface area contributed by atoms with Gasteiger partial charge in [-0.3, -0.25) is 9.89 Å². The van der Waals surface area contributed by atoms with Gasteiger partial charge in [-0.05, 0) is 12.5 Å². The Hall–Kier alpha value is -2.14. The van der Waals surface area contributed by atoms with Crippen LogP contribution in [0.3, 0.4) is 0 Å². The number of H-pyrrole nitrogens is 1. The van der Waals surface area contributed by atoms with Crippen molar-refractivity contribution in [3.63, 3.8) is 0 Å². The predicted molar refractivity (Wildman–Crippen MR) is 71.7 cm³/mol. The second kappa shape index (κ2) is 4.85. The molecule has 98 valence electrons. The lowest BCUT2D eigenvalue weighted by Crippen LogP contribution is -2.33. The summed E-state index contributed by atoms with van der Waals surface area (Å²) in [5.74, 6) is -0.0492. The fraction of sp³-hybridized carbons (Fsp3) is 0.286. The number of aromatic nitrogens is 2. The van der Waals surface area contributed by atoms with Gasteiger partial charge in [0.15, 0.2) is 5.69 Å². The summed E-state index contributed by atoms with van der Waals surface area (Å²) >= 11 is 0. The van der Waals surface area contributed by atoms with Gasteiger partial charge in [-0.15, -0.1) is 0 Å². The van der Waals surface area contributed by atoms with Gasteiger partial charge in [0.1, 0.15) is 0 Å². The second-order valence-electron chi connectivity index (χ2n) is 4.76. The van der Waals surface area contributed by atoms with Gasteiger partial charge in [-0.25, -0.2) is 0 Å². The molecule has 1 aliphatic carbocycles. The van der Waals surface area contributed by atoms with Crippen molar-refractivity contribution in [2.24, 2.45) is 5.92 Å². The minimum Gasteiger partial charge on any atom is -0.396 e. The van der Waals surface area contributed by atoms with Crippen molar-refractivity contribution in [2.75, 3.05) is 6.61 Å². The molecule has 1 heterocycles. The minimum atomic E-state index is -0.189.